The highest BCUT2D eigenvalue weighted by molar-refractivity contribution is 7.90. The zero-order valence-electron chi connectivity index (χ0n) is 19.6. The second kappa shape index (κ2) is 10.1. The van der Waals surface area contributed by atoms with Gasteiger partial charge in [-0.2, -0.15) is 10.1 Å². The van der Waals surface area contributed by atoms with E-state index in [4.69, 9.17) is 9.72 Å². The summed E-state index contributed by atoms with van der Waals surface area (Å²) in [6.45, 7) is 4.95. The number of fused-ring (bicyclic) bond motifs is 1. The molecule has 4 rings (SSSR count). The van der Waals surface area contributed by atoms with Gasteiger partial charge >= 0.3 is 0 Å². The number of nitrogens with zero attached hydrogens (tertiary/aromatic N) is 4. The van der Waals surface area contributed by atoms with Gasteiger partial charge in [-0.05, 0) is 56.1 Å². The fourth-order valence-electron chi connectivity index (χ4n) is 4.49. The fraction of sp³-hybridized carbons (Fsp3) is 0.542. The van der Waals surface area contributed by atoms with Crippen LogP contribution in [0.2, 0.25) is 0 Å². The van der Waals surface area contributed by atoms with Crippen LogP contribution in [-0.4, -0.2) is 52.8 Å². The van der Waals surface area contributed by atoms with E-state index in [1.165, 1.54) is 19.1 Å². The number of ether oxygens (including phenoxy) is 1. The van der Waals surface area contributed by atoms with Crippen molar-refractivity contribution in [2.45, 2.75) is 52.0 Å². The summed E-state index contributed by atoms with van der Waals surface area (Å²) in [5.41, 5.74) is 0.873. The van der Waals surface area contributed by atoms with E-state index in [-0.39, 0.29) is 5.75 Å². The first-order valence-corrected chi connectivity index (χ1v) is 13.7. The maximum Gasteiger partial charge on any atom is 0.224 e. The predicted octanol–water partition coefficient (Wildman–Crippen LogP) is 4.26. The van der Waals surface area contributed by atoms with Crippen LogP contribution in [0.4, 0.5) is 5.95 Å². The van der Waals surface area contributed by atoms with Crippen LogP contribution in [0.1, 0.15) is 46.0 Å². The van der Waals surface area contributed by atoms with Crippen LogP contribution in [0.15, 0.2) is 36.7 Å². The molecule has 33 heavy (non-hydrogen) atoms. The van der Waals surface area contributed by atoms with E-state index in [1.807, 2.05) is 24.3 Å². The van der Waals surface area contributed by atoms with E-state index in [1.54, 1.807) is 17.1 Å². The van der Waals surface area contributed by atoms with Crippen LogP contribution in [-0.2, 0) is 9.84 Å². The highest BCUT2D eigenvalue weighted by Crippen LogP contribution is 2.31. The molecular formula is C24H33N5O3S. The van der Waals surface area contributed by atoms with Crippen molar-refractivity contribution < 1.29 is 13.2 Å². The molecule has 1 aliphatic rings. The van der Waals surface area contributed by atoms with Gasteiger partial charge in [-0.3, -0.25) is 0 Å². The van der Waals surface area contributed by atoms with E-state index in [0.29, 0.717) is 36.6 Å². The van der Waals surface area contributed by atoms with E-state index in [2.05, 4.69) is 29.2 Å². The molecule has 3 aromatic rings. The summed E-state index contributed by atoms with van der Waals surface area (Å²) in [4.78, 5) is 9.14. The Kier molecular flexibility index (Phi) is 7.17. The van der Waals surface area contributed by atoms with E-state index in [9.17, 15) is 8.42 Å². The zero-order valence-corrected chi connectivity index (χ0v) is 20.4. The van der Waals surface area contributed by atoms with Crippen LogP contribution in [0.3, 0.4) is 0 Å². The third-order valence-electron chi connectivity index (χ3n) is 6.40. The molecule has 1 aliphatic carbocycles. The molecule has 0 saturated heterocycles. The Morgan fingerprint density at radius 2 is 1.97 bits per heavy atom. The number of rotatable bonds is 9. The van der Waals surface area contributed by atoms with Gasteiger partial charge < -0.3 is 10.1 Å². The monoisotopic (exact) mass is 471 g/mol. The maximum absolute atomic E-state index is 11.3. The van der Waals surface area contributed by atoms with E-state index >= 15 is 0 Å². The van der Waals surface area contributed by atoms with Crippen LogP contribution < -0.4 is 10.1 Å². The molecule has 178 valence electrons. The third-order valence-corrected chi connectivity index (χ3v) is 7.43. The van der Waals surface area contributed by atoms with Gasteiger partial charge in [0.15, 0.2) is 5.82 Å². The Bertz CT molecular complexity index is 1180. The lowest BCUT2D eigenvalue weighted by Crippen LogP contribution is -2.28. The van der Waals surface area contributed by atoms with Crippen molar-refractivity contribution in [2.75, 3.05) is 23.9 Å². The van der Waals surface area contributed by atoms with E-state index in [0.717, 1.165) is 35.6 Å². The predicted molar refractivity (Wildman–Crippen MR) is 131 cm³/mol. The summed E-state index contributed by atoms with van der Waals surface area (Å²) >= 11 is 0. The zero-order chi connectivity index (χ0) is 23.4. The molecule has 9 heteroatoms. The van der Waals surface area contributed by atoms with Crippen molar-refractivity contribution in [3.63, 3.8) is 0 Å². The first-order chi connectivity index (χ1) is 15.8. The second-order valence-corrected chi connectivity index (χ2v) is 11.6. The molecule has 0 unspecified atom stereocenters. The van der Waals surface area contributed by atoms with Crippen molar-refractivity contribution in [1.29, 1.82) is 0 Å². The Labute approximate surface area is 195 Å². The minimum absolute atomic E-state index is 0.109. The molecule has 0 radical (unpaired) electrons. The SMILES string of the molecule is CC(C)[C@H]1CC[C@H](Nc2nccc(-n3ncc4c(OCCCS(C)(=O)=O)cccc43)n2)CC1. The molecule has 0 bridgehead atoms. The van der Waals surface area contributed by atoms with Crippen LogP contribution in [0.5, 0.6) is 5.75 Å². The number of aromatic nitrogens is 4. The largest absolute Gasteiger partial charge is 0.493 e. The normalized spacial score (nSPS) is 19.2. The summed E-state index contributed by atoms with van der Waals surface area (Å²) in [6.07, 6.45) is 9.95. The highest BCUT2D eigenvalue weighted by Gasteiger charge is 2.23. The molecule has 8 nitrogen and oxygen atoms in total. The van der Waals surface area contributed by atoms with Gasteiger partial charge in [0.1, 0.15) is 15.6 Å². The average Bonchev–Trinajstić information content (AvgIpc) is 3.22. The summed E-state index contributed by atoms with van der Waals surface area (Å²) in [7, 11) is -2.99. The van der Waals surface area contributed by atoms with Gasteiger partial charge in [0.05, 0.1) is 29.5 Å². The second-order valence-electron chi connectivity index (χ2n) is 9.32. The van der Waals surface area contributed by atoms with Gasteiger partial charge in [0.25, 0.3) is 0 Å². The number of nitrogens with one attached hydrogen (secondary N) is 1. The third kappa shape index (κ3) is 6.01. The summed E-state index contributed by atoms with van der Waals surface area (Å²) in [5.74, 6) is 3.66. The minimum atomic E-state index is -2.99. The highest BCUT2D eigenvalue weighted by atomic mass is 32.2. The van der Waals surface area contributed by atoms with Crippen molar-refractivity contribution in [3.8, 4) is 11.6 Å². The van der Waals surface area contributed by atoms with Crippen LogP contribution >= 0.6 is 0 Å². The smallest absolute Gasteiger partial charge is 0.224 e. The summed E-state index contributed by atoms with van der Waals surface area (Å²) in [5, 5.41) is 8.90. The van der Waals surface area contributed by atoms with Crippen molar-refractivity contribution in [1.82, 2.24) is 19.7 Å². The Balaban J connectivity index is 1.46. The summed E-state index contributed by atoms with van der Waals surface area (Å²) < 4.78 is 30.3. The van der Waals surface area contributed by atoms with Crippen LogP contribution in [0.25, 0.3) is 16.7 Å². The number of sulfone groups is 1. The number of hydrogen-bond acceptors (Lipinski definition) is 7. The fourth-order valence-corrected chi connectivity index (χ4v) is 5.13. The first-order valence-electron chi connectivity index (χ1n) is 11.7. The topological polar surface area (TPSA) is 99.0 Å². The molecule has 2 heterocycles. The average molecular weight is 472 g/mol. The molecule has 2 aromatic heterocycles. The molecule has 0 aliphatic heterocycles. The number of hydrogen-bond donors (Lipinski definition) is 1. The Morgan fingerprint density at radius 3 is 2.70 bits per heavy atom. The minimum Gasteiger partial charge on any atom is -0.493 e. The maximum atomic E-state index is 11.3. The van der Waals surface area contributed by atoms with Crippen LogP contribution in [0, 0.1) is 11.8 Å². The lowest BCUT2D eigenvalue weighted by Gasteiger charge is -2.31. The number of anilines is 1. The quantitative estimate of drug-likeness (QED) is 0.466. The van der Waals surface area contributed by atoms with Gasteiger partial charge in [-0.15, -0.1) is 0 Å². The lowest BCUT2D eigenvalue weighted by atomic mass is 9.80. The molecule has 0 atom stereocenters. The molecule has 1 saturated carbocycles. The molecule has 1 fully saturated rings. The van der Waals surface area contributed by atoms with Gasteiger partial charge in [0.2, 0.25) is 5.95 Å². The van der Waals surface area contributed by atoms with Crippen molar-refractivity contribution in [2.24, 2.45) is 11.8 Å². The molecule has 1 aromatic carbocycles. The molecule has 0 spiro atoms. The van der Waals surface area contributed by atoms with Crippen molar-refractivity contribution in [3.05, 3.63) is 36.7 Å². The van der Waals surface area contributed by atoms with E-state index < -0.39 is 9.84 Å². The van der Waals surface area contributed by atoms with Gasteiger partial charge in [-0.1, -0.05) is 19.9 Å². The molecule has 1 N–H and O–H groups in total. The summed E-state index contributed by atoms with van der Waals surface area (Å²) in [6, 6.07) is 7.98. The molecule has 0 amide bonds. The number of benzene rings is 1. The Morgan fingerprint density at radius 1 is 1.18 bits per heavy atom. The van der Waals surface area contributed by atoms with Gasteiger partial charge in [-0.25, -0.2) is 18.1 Å². The molecular weight excluding hydrogens is 438 g/mol. The van der Waals surface area contributed by atoms with Gasteiger partial charge in [0, 0.05) is 24.6 Å². The standard InChI is InChI=1S/C24H33N5O3S/c1-17(2)18-8-10-19(11-9-18)27-24-25-13-12-23(28-24)29-21-6-4-7-22(20(21)16-26-29)32-14-5-15-33(3,30)31/h4,6-7,12-13,16-19H,5,8-11,14-15H2,1-3H3,(H,25,27,28)/t18-,19-. The first kappa shape index (κ1) is 23.5. The lowest BCUT2D eigenvalue weighted by molar-refractivity contribution is 0.266. The van der Waals surface area contributed by atoms with Crippen molar-refractivity contribution >= 4 is 26.7 Å². The Hall–Kier alpha value is -2.68.